The molecule has 0 spiro atoms. The average molecular weight is 226 g/mol. The van der Waals surface area contributed by atoms with Crippen molar-refractivity contribution in [3.05, 3.63) is 21.6 Å². The van der Waals surface area contributed by atoms with Gasteiger partial charge in [-0.15, -0.1) is 0 Å². The van der Waals surface area contributed by atoms with E-state index in [-0.39, 0.29) is 17.9 Å². The molecule has 6 nitrogen and oxygen atoms in total. The van der Waals surface area contributed by atoms with Gasteiger partial charge in [0.1, 0.15) is 5.69 Å². The Morgan fingerprint density at radius 3 is 2.75 bits per heavy atom. The number of esters is 1. The molecule has 1 rings (SSSR count). The molecule has 0 amide bonds. The lowest BCUT2D eigenvalue weighted by atomic mass is 10.1. The van der Waals surface area contributed by atoms with E-state index in [2.05, 4.69) is 14.9 Å². The monoisotopic (exact) mass is 226 g/mol. The Morgan fingerprint density at radius 2 is 2.19 bits per heavy atom. The van der Waals surface area contributed by atoms with E-state index in [9.17, 15) is 14.7 Å². The fraction of sp³-hybridized carbons (Fsp3) is 0.500. The van der Waals surface area contributed by atoms with Gasteiger partial charge in [0, 0.05) is 0 Å². The molecule has 0 saturated carbocycles. The summed E-state index contributed by atoms with van der Waals surface area (Å²) in [5.41, 5.74) is -0.818. The summed E-state index contributed by atoms with van der Waals surface area (Å²) in [4.78, 5) is 22.7. The Hall–Kier alpha value is -1.85. The molecular formula is C10H14N2O4. The van der Waals surface area contributed by atoms with Crippen LogP contribution in [-0.2, 0) is 11.2 Å². The molecule has 0 radical (unpaired) electrons. The van der Waals surface area contributed by atoms with E-state index in [0.29, 0.717) is 12.1 Å². The fourth-order valence-corrected chi connectivity index (χ4v) is 1.28. The number of carbonyl (C=O) groups excluding carboxylic acids is 1. The van der Waals surface area contributed by atoms with Crippen LogP contribution in [0.2, 0.25) is 0 Å². The van der Waals surface area contributed by atoms with Gasteiger partial charge in [0.15, 0.2) is 11.3 Å². The number of hydrogen-bond donors (Lipinski definition) is 2. The second-order valence-corrected chi connectivity index (χ2v) is 3.19. The Morgan fingerprint density at radius 1 is 1.50 bits per heavy atom. The van der Waals surface area contributed by atoms with Crippen LogP contribution in [0.4, 0.5) is 0 Å². The Kier molecular flexibility index (Phi) is 4.04. The maximum Gasteiger partial charge on any atom is 0.347 e. The highest BCUT2D eigenvalue weighted by molar-refractivity contribution is 5.92. The lowest BCUT2D eigenvalue weighted by molar-refractivity contribution is 0.0520. The van der Waals surface area contributed by atoms with Crippen molar-refractivity contribution in [2.75, 3.05) is 6.61 Å². The molecule has 0 atom stereocenters. The van der Waals surface area contributed by atoms with Gasteiger partial charge in [-0.25, -0.2) is 9.89 Å². The van der Waals surface area contributed by atoms with Gasteiger partial charge in [0.2, 0.25) is 0 Å². The fourth-order valence-electron chi connectivity index (χ4n) is 1.28. The molecular weight excluding hydrogens is 212 g/mol. The van der Waals surface area contributed by atoms with Crippen molar-refractivity contribution in [1.82, 2.24) is 10.2 Å². The summed E-state index contributed by atoms with van der Waals surface area (Å²) in [6.07, 6.45) is 1.23. The predicted molar refractivity (Wildman–Crippen MR) is 56.5 cm³/mol. The van der Waals surface area contributed by atoms with Gasteiger partial charge < -0.3 is 9.84 Å². The van der Waals surface area contributed by atoms with E-state index >= 15 is 0 Å². The lowest BCUT2D eigenvalue weighted by Crippen LogP contribution is -2.22. The number of aromatic amines is 1. The van der Waals surface area contributed by atoms with Gasteiger partial charge >= 0.3 is 5.97 Å². The molecule has 16 heavy (non-hydrogen) atoms. The van der Waals surface area contributed by atoms with E-state index < -0.39 is 11.5 Å². The standard InChI is InChI=1S/C10H14N2O4/c1-3-5-6-8(13)7(9(14)12-11-6)10(15)16-4-2/h3-5H2,1-2H3,(H2,12,13,14). The molecule has 0 aliphatic carbocycles. The van der Waals surface area contributed by atoms with Gasteiger partial charge in [-0.2, -0.15) is 5.10 Å². The highest BCUT2D eigenvalue weighted by Crippen LogP contribution is 2.18. The number of rotatable bonds is 4. The maximum absolute atomic E-state index is 11.4. The summed E-state index contributed by atoms with van der Waals surface area (Å²) < 4.78 is 4.68. The summed E-state index contributed by atoms with van der Waals surface area (Å²) in [7, 11) is 0. The van der Waals surface area contributed by atoms with Crippen molar-refractivity contribution in [2.24, 2.45) is 0 Å². The number of carbonyl (C=O) groups is 1. The van der Waals surface area contributed by atoms with Gasteiger partial charge in [-0.3, -0.25) is 4.79 Å². The molecule has 0 fully saturated rings. The minimum atomic E-state index is -0.832. The number of aromatic nitrogens is 2. The topological polar surface area (TPSA) is 92.3 Å². The van der Waals surface area contributed by atoms with Crippen molar-refractivity contribution >= 4 is 5.97 Å². The number of aryl methyl sites for hydroxylation is 1. The van der Waals surface area contributed by atoms with E-state index in [0.717, 1.165) is 6.42 Å². The first-order valence-corrected chi connectivity index (χ1v) is 5.09. The number of aromatic hydroxyl groups is 1. The lowest BCUT2D eigenvalue weighted by Gasteiger charge is -2.06. The Bertz CT molecular complexity index is 439. The largest absolute Gasteiger partial charge is 0.505 e. The van der Waals surface area contributed by atoms with Gasteiger partial charge in [0.05, 0.1) is 6.61 Å². The highest BCUT2D eigenvalue weighted by atomic mass is 16.5. The average Bonchev–Trinajstić information content (AvgIpc) is 2.23. The molecule has 0 bridgehead atoms. The summed E-state index contributed by atoms with van der Waals surface area (Å²) in [5, 5.41) is 15.6. The highest BCUT2D eigenvalue weighted by Gasteiger charge is 2.20. The minimum absolute atomic E-state index is 0.142. The predicted octanol–water partition coefficient (Wildman–Crippen LogP) is 0.605. The summed E-state index contributed by atoms with van der Waals surface area (Å²) >= 11 is 0. The van der Waals surface area contributed by atoms with Gasteiger partial charge in [-0.05, 0) is 13.3 Å². The quantitative estimate of drug-likeness (QED) is 0.733. The first kappa shape index (κ1) is 12.2. The van der Waals surface area contributed by atoms with E-state index in [1.54, 1.807) is 6.92 Å². The SMILES string of the molecule is CCCc1n[nH]c(=O)c(C(=O)OCC)c1O. The smallest absolute Gasteiger partial charge is 0.347 e. The van der Waals surface area contributed by atoms with Crippen molar-refractivity contribution in [2.45, 2.75) is 26.7 Å². The zero-order chi connectivity index (χ0) is 12.1. The third kappa shape index (κ3) is 2.39. The molecule has 0 aliphatic heterocycles. The second kappa shape index (κ2) is 5.29. The molecule has 0 saturated heterocycles. The zero-order valence-corrected chi connectivity index (χ0v) is 9.24. The van der Waals surface area contributed by atoms with Crippen LogP contribution in [0.15, 0.2) is 4.79 Å². The molecule has 2 N–H and O–H groups in total. The number of hydrogen-bond acceptors (Lipinski definition) is 5. The van der Waals surface area contributed by atoms with Crippen molar-refractivity contribution in [1.29, 1.82) is 0 Å². The summed E-state index contributed by atoms with van der Waals surface area (Å²) in [6, 6.07) is 0. The number of nitrogens with zero attached hydrogens (tertiary/aromatic N) is 1. The molecule has 1 aromatic heterocycles. The van der Waals surface area contributed by atoms with Crippen LogP contribution in [0.5, 0.6) is 5.75 Å². The van der Waals surface area contributed by atoms with Crippen molar-refractivity contribution in [3.8, 4) is 5.75 Å². The van der Waals surface area contributed by atoms with E-state index in [1.807, 2.05) is 6.92 Å². The maximum atomic E-state index is 11.4. The van der Waals surface area contributed by atoms with Crippen LogP contribution in [0.3, 0.4) is 0 Å². The molecule has 0 aromatic carbocycles. The third-order valence-electron chi connectivity index (χ3n) is 2.00. The molecule has 6 heteroatoms. The van der Waals surface area contributed by atoms with Crippen LogP contribution < -0.4 is 5.56 Å². The van der Waals surface area contributed by atoms with Crippen molar-refractivity contribution < 1.29 is 14.6 Å². The first-order chi connectivity index (χ1) is 7.61. The molecule has 1 aromatic rings. The molecule has 88 valence electrons. The molecule has 0 aliphatic rings. The number of ether oxygens (including phenoxy) is 1. The molecule has 0 unspecified atom stereocenters. The third-order valence-corrected chi connectivity index (χ3v) is 2.00. The van der Waals surface area contributed by atoms with Crippen LogP contribution in [0, 0.1) is 0 Å². The number of nitrogens with one attached hydrogen (secondary N) is 1. The summed E-state index contributed by atoms with van der Waals surface area (Å²) in [6.45, 7) is 3.66. The second-order valence-electron chi connectivity index (χ2n) is 3.19. The van der Waals surface area contributed by atoms with Crippen LogP contribution in [0.1, 0.15) is 36.3 Å². The van der Waals surface area contributed by atoms with E-state index in [1.165, 1.54) is 0 Å². The normalized spacial score (nSPS) is 10.1. The minimum Gasteiger partial charge on any atom is -0.505 e. The van der Waals surface area contributed by atoms with Crippen LogP contribution in [0.25, 0.3) is 0 Å². The molecule has 1 heterocycles. The Balaban J connectivity index is 3.20. The number of H-pyrrole nitrogens is 1. The van der Waals surface area contributed by atoms with Gasteiger partial charge in [0.25, 0.3) is 5.56 Å². The zero-order valence-electron chi connectivity index (χ0n) is 9.24. The van der Waals surface area contributed by atoms with Crippen LogP contribution in [-0.4, -0.2) is 27.9 Å². The van der Waals surface area contributed by atoms with Crippen LogP contribution >= 0.6 is 0 Å². The van der Waals surface area contributed by atoms with Gasteiger partial charge in [-0.1, -0.05) is 13.3 Å². The first-order valence-electron chi connectivity index (χ1n) is 5.09. The Labute approximate surface area is 92.3 Å². The van der Waals surface area contributed by atoms with Crippen molar-refractivity contribution in [3.63, 3.8) is 0 Å². The summed E-state index contributed by atoms with van der Waals surface area (Å²) in [5.74, 6) is -1.22. The van der Waals surface area contributed by atoms with E-state index in [4.69, 9.17) is 0 Å².